The average Bonchev–Trinajstić information content (AvgIpc) is 2.33. The summed E-state index contributed by atoms with van der Waals surface area (Å²) in [6.45, 7) is 6.69. The Hall–Kier alpha value is -1.58. The highest BCUT2D eigenvalue weighted by Gasteiger charge is 2.26. The zero-order valence-electron chi connectivity index (χ0n) is 11.9. The van der Waals surface area contributed by atoms with Gasteiger partial charge in [-0.3, -0.25) is 4.99 Å². The predicted molar refractivity (Wildman–Crippen MR) is 76.6 cm³/mol. The molecule has 0 fully saturated rings. The number of alkyl halides is 2. The van der Waals surface area contributed by atoms with Crippen molar-refractivity contribution >= 4 is 11.5 Å². The third kappa shape index (κ3) is 4.89. The van der Waals surface area contributed by atoms with Crippen LogP contribution in [0.1, 0.15) is 38.3 Å². The molecule has 0 radical (unpaired) electrons. The lowest BCUT2D eigenvalue weighted by Gasteiger charge is -2.11. The molecule has 0 saturated heterocycles. The molecule has 1 aromatic carbocycles. The molecular weight excluding hydrogens is 246 g/mol. The van der Waals surface area contributed by atoms with E-state index in [9.17, 15) is 8.78 Å². The van der Waals surface area contributed by atoms with E-state index in [1.54, 1.807) is 0 Å². The van der Waals surface area contributed by atoms with Gasteiger partial charge in [0.15, 0.2) is 5.84 Å². The Morgan fingerprint density at radius 3 is 2.53 bits per heavy atom. The minimum Gasteiger partial charge on any atom is -0.266 e. The molecule has 104 valence electrons. The largest absolute Gasteiger partial charge is 0.283 e. The van der Waals surface area contributed by atoms with Crippen molar-refractivity contribution < 1.29 is 8.78 Å². The number of halogens is 2. The van der Waals surface area contributed by atoms with Crippen LogP contribution in [0.3, 0.4) is 0 Å². The lowest BCUT2D eigenvalue weighted by Crippen LogP contribution is -2.22. The van der Waals surface area contributed by atoms with E-state index >= 15 is 0 Å². The van der Waals surface area contributed by atoms with E-state index in [4.69, 9.17) is 0 Å². The summed E-state index contributed by atoms with van der Waals surface area (Å²) >= 11 is 0. The maximum atomic E-state index is 13.2. The molecule has 0 saturated carbocycles. The molecule has 0 amide bonds. The number of hydrogen-bond acceptors (Lipinski definition) is 1. The zero-order chi connectivity index (χ0) is 14.5. The number of hydrogen-bond donors (Lipinski definition) is 0. The summed E-state index contributed by atoms with van der Waals surface area (Å²) in [6, 6.07) is 7.57. The summed E-state index contributed by atoms with van der Waals surface area (Å²) in [5.41, 5.74) is 1.61. The van der Waals surface area contributed by atoms with Crippen molar-refractivity contribution in [2.75, 3.05) is 6.54 Å². The van der Waals surface area contributed by atoms with E-state index in [0.29, 0.717) is 12.4 Å². The Labute approximate surface area is 113 Å². The smallest absolute Gasteiger partial charge is 0.266 e. The summed E-state index contributed by atoms with van der Waals surface area (Å²) in [6.07, 6.45) is 0.854. The van der Waals surface area contributed by atoms with Crippen molar-refractivity contribution in [2.45, 2.75) is 40.0 Å². The molecule has 0 aromatic heterocycles. The maximum Gasteiger partial charge on any atom is 0.283 e. The zero-order valence-corrected chi connectivity index (χ0v) is 11.9. The molecule has 2 nitrogen and oxygen atoms in total. The summed E-state index contributed by atoms with van der Waals surface area (Å²) in [7, 11) is 0. The van der Waals surface area contributed by atoms with E-state index in [1.165, 1.54) is 6.92 Å². The first-order valence-corrected chi connectivity index (χ1v) is 6.39. The Balaban J connectivity index is 3.17. The maximum absolute atomic E-state index is 13.2. The van der Waals surface area contributed by atoms with Gasteiger partial charge in [-0.05, 0) is 26.3 Å². The first-order chi connectivity index (χ1) is 8.84. The number of aliphatic imine (C=N–C) groups is 2. The fraction of sp³-hybridized carbons (Fsp3) is 0.467. The summed E-state index contributed by atoms with van der Waals surface area (Å²) in [5, 5.41) is 0. The number of nitrogens with zero attached hydrogens (tertiary/aromatic N) is 2. The van der Waals surface area contributed by atoms with E-state index in [0.717, 1.165) is 24.5 Å². The molecule has 1 rings (SSSR count). The molecule has 19 heavy (non-hydrogen) atoms. The number of rotatable bonds is 4. The van der Waals surface area contributed by atoms with Crippen LogP contribution in [0, 0.1) is 6.92 Å². The quantitative estimate of drug-likeness (QED) is 0.574. The SMILES string of the molecule is CCCN=C(N=C(C)C(C)(F)F)c1cccc(C)c1. The van der Waals surface area contributed by atoms with Crippen LogP contribution in [0.15, 0.2) is 34.3 Å². The van der Waals surface area contributed by atoms with Crippen LogP contribution in [0.4, 0.5) is 8.78 Å². The Kier molecular flexibility index (Phi) is 5.33. The highest BCUT2D eigenvalue weighted by atomic mass is 19.3. The molecule has 0 bridgehead atoms. The summed E-state index contributed by atoms with van der Waals surface area (Å²) < 4.78 is 26.4. The van der Waals surface area contributed by atoms with E-state index in [2.05, 4.69) is 9.98 Å². The minimum atomic E-state index is -2.92. The van der Waals surface area contributed by atoms with Gasteiger partial charge < -0.3 is 0 Å². The Morgan fingerprint density at radius 2 is 2.00 bits per heavy atom. The molecule has 1 aromatic rings. The topological polar surface area (TPSA) is 24.7 Å². The second-order valence-electron chi connectivity index (χ2n) is 4.66. The first-order valence-electron chi connectivity index (χ1n) is 6.39. The van der Waals surface area contributed by atoms with Gasteiger partial charge in [-0.15, -0.1) is 0 Å². The van der Waals surface area contributed by atoms with Gasteiger partial charge in [0.1, 0.15) is 0 Å². The van der Waals surface area contributed by atoms with Crippen LogP contribution in [0.2, 0.25) is 0 Å². The Bertz CT molecular complexity index is 485. The number of amidine groups is 1. The third-order valence-corrected chi connectivity index (χ3v) is 2.67. The Morgan fingerprint density at radius 1 is 1.32 bits per heavy atom. The van der Waals surface area contributed by atoms with E-state index in [-0.39, 0.29) is 5.71 Å². The predicted octanol–water partition coefficient (Wildman–Crippen LogP) is 4.27. The molecule has 0 atom stereocenters. The second-order valence-corrected chi connectivity index (χ2v) is 4.66. The van der Waals surface area contributed by atoms with Gasteiger partial charge >= 0.3 is 0 Å². The van der Waals surface area contributed by atoms with Gasteiger partial charge in [-0.25, -0.2) is 13.8 Å². The van der Waals surface area contributed by atoms with Crippen molar-refractivity contribution in [1.29, 1.82) is 0 Å². The molecule has 0 spiro atoms. The summed E-state index contributed by atoms with van der Waals surface area (Å²) in [5.74, 6) is -2.54. The second kappa shape index (κ2) is 6.55. The molecular formula is C15H20F2N2. The highest BCUT2D eigenvalue weighted by molar-refractivity contribution is 6.08. The lowest BCUT2D eigenvalue weighted by molar-refractivity contribution is 0.1000. The molecule has 4 heteroatoms. The fourth-order valence-electron chi connectivity index (χ4n) is 1.45. The number of aryl methyl sites for hydroxylation is 1. The lowest BCUT2D eigenvalue weighted by atomic mass is 10.1. The first kappa shape index (κ1) is 15.5. The number of benzene rings is 1. The average molecular weight is 266 g/mol. The van der Waals surface area contributed by atoms with Crippen molar-refractivity contribution in [1.82, 2.24) is 0 Å². The van der Waals surface area contributed by atoms with Crippen LogP contribution >= 0.6 is 0 Å². The standard InChI is InChI=1S/C15H20F2N2/c1-5-9-18-14(19-12(3)15(4,16)17)13-8-6-7-11(2)10-13/h6-8,10H,5,9H2,1-4H3. The fourth-order valence-corrected chi connectivity index (χ4v) is 1.45. The van der Waals surface area contributed by atoms with Crippen molar-refractivity contribution in [3.05, 3.63) is 35.4 Å². The van der Waals surface area contributed by atoms with Gasteiger partial charge in [0.05, 0.1) is 5.71 Å². The van der Waals surface area contributed by atoms with Crippen LogP contribution in [0.5, 0.6) is 0 Å². The third-order valence-electron chi connectivity index (χ3n) is 2.67. The van der Waals surface area contributed by atoms with E-state index in [1.807, 2.05) is 38.1 Å². The molecule has 0 N–H and O–H groups in total. The monoisotopic (exact) mass is 266 g/mol. The molecule has 0 aliphatic carbocycles. The van der Waals surface area contributed by atoms with Gasteiger partial charge in [0.25, 0.3) is 5.92 Å². The molecule has 0 aliphatic rings. The van der Waals surface area contributed by atoms with Crippen LogP contribution < -0.4 is 0 Å². The molecule has 0 heterocycles. The summed E-state index contributed by atoms with van der Waals surface area (Å²) in [4.78, 5) is 8.32. The van der Waals surface area contributed by atoms with Gasteiger partial charge in [0, 0.05) is 19.0 Å². The van der Waals surface area contributed by atoms with E-state index < -0.39 is 5.92 Å². The normalized spacial score (nSPS) is 13.8. The van der Waals surface area contributed by atoms with Crippen LogP contribution in [-0.4, -0.2) is 24.0 Å². The minimum absolute atomic E-state index is 0.219. The van der Waals surface area contributed by atoms with Crippen molar-refractivity contribution in [3.8, 4) is 0 Å². The van der Waals surface area contributed by atoms with Gasteiger partial charge in [-0.1, -0.05) is 30.7 Å². The molecule has 0 aliphatic heterocycles. The van der Waals surface area contributed by atoms with Gasteiger partial charge in [-0.2, -0.15) is 0 Å². The molecule has 0 unspecified atom stereocenters. The van der Waals surface area contributed by atoms with Crippen molar-refractivity contribution in [2.24, 2.45) is 9.98 Å². The van der Waals surface area contributed by atoms with Crippen LogP contribution in [-0.2, 0) is 0 Å². The van der Waals surface area contributed by atoms with Crippen LogP contribution in [0.25, 0.3) is 0 Å². The van der Waals surface area contributed by atoms with Gasteiger partial charge in [0.2, 0.25) is 0 Å². The highest BCUT2D eigenvalue weighted by Crippen LogP contribution is 2.16. The van der Waals surface area contributed by atoms with Crippen molar-refractivity contribution in [3.63, 3.8) is 0 Å².